The molecule has 0 fully saturated rings. The first kappa shape index (κ1) is 13.0. The number of hydrogen-bond donors (Lipinski definition) is 3. The second kappa shape index (κ2) is 5.47. The standard InChI is InChI=1S/C12H16N6O/c1-7-6-9(13-3)4-5-10(7)12(19)14-8(2)11-15-17-18-16-11/h4-6,8,13H,1-3H3,(H,14,19)(H,15,16,17,18). The highest BCUT2D eigenvalue weighted by Crippen LogP contribution is 2.15. The number of benzene rings is 1. The summed E-state index contributed by atoms with van der Waals surface area (Å²) in [6, 6.07) is 5.28. The number of aryl methyl sites for hydroxylation is 1. The van der Waals surface area contributed by atoms with Crippen LogP contribution in [0.5, 0.6) is 0 Å². The number of tetrazole rings is 1. The molecule has 1 atom stereocenters. The molecule has 1 heterocycles. The zero-order valence-electron chi connectivity index (χ0n) is 11.1. The lowest BCUT2D eigenvalue weighted by Gasteiger charge is -2.12. The third-order valence-corrected chi connectivity index (χ3v) is 2.86. The summed E-state index contributed by atoms with van der Waals surface area (Å²) in [7, 11) is 1.84. The van der Waals surface area contributed by atoms with E-state index in [2.05, 4.69) is 31.3 Å². The smallest absolute Gasteiger partial charge is 0.252 e. The second-order valence-electron chi connectivity index (χ2n) is 4.24. The van der Waals surface area contributed by atoms with Crippen molar-refractivity contribution >= 4 is 11.6 Å². The Morgan fingerprint density at radius 2 is 2.21 bits per heavy atom. The van der Waals surface area contributed by atoms with Crippen molar-refractivity contribution in [2.75, 3.05) is 12.4 Å². The van der Waals surface area contributed by atoms with Crippen LogP contribution < -0.4 is 10.6 Å². The zero-order chi connectivity index (χ0) is 13.8. The Morgan fingerprint density at radius 1 is 1.42 bits per heavy atom. The number of carbonyl (C=O) groups is 1. The van der Waals surface area contributed by atoms with Crippen molar-refractivity contribution in [1.29, 1.82) is 0 Å². The fraction of sp³-hybridized carbons (Fsp3) is 0.333. The molecule has 1 aromatic heterocycles. The first-order valence-corrected chi connectivity index (χ1v) is 5.94. The van der Waals surface area contributed by atoms with Crippen LogP contribution in [0.4, 0.5) is 5.69 Å². The molecule has 2 aromatic rings. The molecule has 2 rings (SSSR count). The largest absolute Gasteiger partial charge is 0.388 e. The minimum absolute atomic E-state index is 0.155. The Kier molecular flexibility index (Phi) is 3.74. The van der Waals surface area contributed by atoms with Crippen LogP contribution in [-0.4, -0.2) is 33.6 Å². The Bertz CT molecular complexity index is 566. The first-order chi connectivity index (χ1) is 9.11. The molecular formula is C12H16N6O. The van der Waals surface area contributed by atoms with E-state index in [1.165, 1.54) is 0 Å². The van der Waals surface area contributed by atoms with Gasteiger partial charge in [-0.05, 0) is 37.6 Å². The molecule has 1 aromatic carbocycles. The maximum atomic E-state index is 12.2. The Morgan fingerprint density at radius 3 is 2.79 bits per heavy atom. The molecular weight excluding hydrogens is 244 g/mol. The number of amides is 1. The molecule has 0 saturated carbocycles. The predicted octanol–water partition coefficient (Wildman–Crippen LogP) is 1.04. The monoisotopic (exact) mass is 260 g/mol. The summed E-state index contributed by atoms with van der Waals surface area (Å²) in [4.78, 5) is 12.2. The Labute approximate surface area is 110 Å². The number of H-pyrrole nitrogens is 1. The van der Waals surface area contributed by atoms with Crippen molar-refractivity contribution < 1.29 is 4.79 Å². The Balaban J connectivity index is 2.12. The van der Waals surface area contributed by atoms with Crippen molar-refractivity contribution in [3.63, 3.8) is 0 Å². The van der Waals surface area contributed by atoms with Gasteiger partial charge in [0.2, 0.25) is 0 Å². The maximum Gasteiger partial charge on any atom is 0.252 e. The molecule has 0 bridgehead atoms. The number of aromatic amines is 1. The summed E-state index contributed by atoms with van der Waals surface area (Å²) in [6.07, 6.45) is 0. The molecule has 7 heteroatoms. The van der Waals surface area contributed by atoms with Crippen LogP contribution in [0.2, 0.25) is 0 Å². The van der Waals surface area contributed by atoms with Gasteiger partial charge in [0.25, 0.3) is 5.91 Å². The molecule has 1 unspecified atom stereocenters. The van der Waals surface area contributed by atoms with E-state index in [4.69, 9.17) is 0 Å². The van der Waals surface area contributed by atoms with Gasteiger partial charge in [0.15, 0.2) is 5.82 Å². The number of hydrogen-bond acceptors (Lipinski definition) is 5. The van der Waals surface area contributed by atoms with E-state index in [-0.39, 0.29) is 11.9 Å². The van der Waals surface area contributed by atoms with Crippen molar-refractivity contribution in [1.82, 2.24) is 25.9 Å². The third-order valence-electron chi connectivity index (χ3n) is 2.86. The van der Waals surface area contributed by atoms with Gasteiger partial charge < -0.3 is 10.6 Å². The van der Waals surface area contributed by atoms with Crippen molar-refractivity contribution in [2.24, 2.45) is 0 Å². The van der Waals surface area contributed by atoms with Crippen LogP contribution in [0.3, 0.4) is 0 Å². The number of aromatic nitrogens is 4. The second-order valence-corrected chi connectivity index (χ2v) is 4.24. The lowest BCUT2D eigenvalue weighted by Crippen LogP contribution is -2.28. The van der Waals surface area contributed by atoms with Crippen LogP contribution >= 0.6 is 0 Å². The molecule has 19 heavy (non-hydrogen) atoms. The van der Waals surface area contributed by atoms with Gasteiger partial charge >= 0.3 is 0 Å². The number of carbonyl (C=O) groups excluding carboxylic acids is 1. The Hall–Kier alpha value is -2.44. The average molecular weight is 260 g/mol. The molecule has 0 aliphatic carbocycles. The van der Waals surface area contributed by atoms with Crippen LogP contribution in [-0.2, 0) is 0 Å². The van der Waals surface area contributed by atoms with E-state index in [0.29, 0.717) is 11.4 Å². The van der Waals surface area contributed by atoms with Crippen molar-refractivity contribution in [3.05, 3.63) is 35.2 Å². The molecule has 0 aliphatic rings. The molecule has 0 saturated heterocycles. The van der Waals surface area contributed by atoms with Crippen molar-refractivity contribution in [2.45, 2.75) is 19.9 Å². The molecule has 1 amide bonds. The minimum atomic E-state index is -0.297. The molecule has 3 N–H and O–H groups in total. The van der Waals surface area contributed by atoms with Crippen LogP contribution in [0.1, 0.15) is 34.7 Å². The lowest BCUT2D eigenvalue weighted by atomic mass is 10.1. The molecule has 0 radical (unpaired) electrons. The van der Waals surface area contributed by atoms with Gasteiger partial charge in [0.05, 0.1) is 6.04 Å². The number of anilines is 1. The quantitative estimate of drug-likeness (QED) is 0.763. The number of nitrogens with zero attached hydrogens (tertiary/aromatic N) is 3. The van der Waals surface area contributed by atoms with Crippen LogP contribution in [0.25, 0.3) is 0 Å². The van der Waals surface area contributed by atoms with Gasteiger partial charge in [-0.1, -0.05) is 5.21 Å². The van der Waals surface area contributed by atoms with Crippen LogP contribution in [0, 0.1) is 6.92 Å². The zero-order valence-corrected chi connectivity index (χ0v) is 11.1. The predicted molar refractivity (Wildman–Crippen MR) is 70.8 cm³/mol. The third kappa shape index (κ3) is 2.87. The average Bonchev–Trinajstić information content (AvgIpc) is 2.92. The molecule has 100 valence electrons. The van der Waals surface area contributed by atoms with Gasteiger partial charge in [-0.3, -0.25) is 4.79 Å². The van der Waals surface area contributed by atoms with Gasteiger partial charge in [-0.2, -0.15) is 5.21 Å². The van der Waals surface area contributed by atoms with Gasteiger partial charge in [0, 0.05) is 18.3 Å². The van der Waals surface area contributed by atoms with E-state index < -0.39 is 0 Å². The summed E-state index contributed by atoms with van der Waals surface area (Å²) in [5.41, 5.74) is 2.51. The van der Waals surface area contributed by atoms with Gasteiger partial charge in [-0.15, -0.1) is 10.2 Å². The summed E-state index contributed by atoms with van der Waals surface area (Å²) in [5, 5.41) is 19.4. The normalized spacial score (nSPS) is 11.9. The van der Waals surface area contributed by atoms with E-state index in [0.717, 1.165) is 11.3 Å². The lowest BCUT2D eigenvalue weighted by molar-refractivity contribution is 0.0937. The molecule has 0 spiro atoms. The summed E-state index contributed by atoms with van der Waals surface area (Å²) < 4.78 is 0. The highest BCUT2D eigenvalue weighted by Gasteiger charge is 2.16. The summed E-state index contributed by atoms with van der Waals surface area (Å²) in [5.74, 6) is 0.301. The first-order valence-electron chi connectivity index (χ1n) is 5.94. The highest BCUT2D eigenvalue weighted by molar-refractivity contribution is 5.96. The van der Waals surface area contributed by atoms with Gasteiger partial charge in [0.1, 0.15) is 0 Å². The summed E-state index contributed by atoms with van der Waals surface area (Å²) >= 11 is 0. The summed E-state index contributed by atoms with van der Waals surface area (Å²) in [6.45, 7) is 3.70. The van der Waals surface area contributed by atoms with Crippen LogP contribution in [0.15, 0.2) is 18.2 Å². The fourth-order valence-electron chi connectivity index (χ4n) is 1.77. The van der Waals surface area contributed by atoms with Gasteiger partial charge in [-0.25, -0.2) is 0 Å². The highest BCUT2D eigenvalue weighted by atomic mass is 16.1. The van der Waals surface area contributed by atoms with E-state index >= 15 is 0 Å². The van der Waals surface area contributed by atoms with E-state index in [1.54, 1.807) is 13.0 Å². The molecule has 0 aliphatic heterocycles. The number of nitrogens with one attached hydrogen (secondary N) is 3. The van der Waals surface area contributed by atoms with E-state index in [1.807, 2.05) is 26.1 Å². The SMILES string of the molecule is CNc1ccc(C(=O)NC(C)c2nn[nH]n2)c(C)c1. The molecule has 7 nitrogen and oxygen atoms in total. The number of rotatable bonds is 4. The topological polar surface area (TPSA) is 95.6 Å². The maximum absolute atomic E-state index is 12.2. The minimum Gasteiger partial charge on any atom is -0.388 e. The fourth-order valence-corrected chi connectivity index (χ4v) is 1.77. The van der Waals surface area contributed by atoms with E-state index in [9.17, 15) is 4.79 Å². The van der Waals surface area contributed by atoms with Crippen molar-refractivity contribution in [3.8, 4) is 0 Å².